The van der Waals surface area contributed by atoms with Crippen molar-refractivity contribution in [2.24, 2.45) is 5.73 Å². The number of aromatic nitrogens is 2. The largest absolute Gasteiger partial charge is 0.480 e. The quantitative estimate of drug-likeness (QED) is 0.801. The lowest BCUT2D eigenvalue weighted by atomic mass is 10.4. The molecule has 0 saturated heterocycles. The van der Waals surface area contributed by atoms with Crippen molar-refractivity contribution in [2.45, 2.75) is 6.54 Å². The van der Waals surface area contributed by atoms with Crippen molar-refractivity contribution in [1.82, 2.24) is 14.3 Å². The Morgan fingerprint density at radius 2 is 2.10 bits per heavy atom. The lowest BCUT2D eigenvalue weighted by Crippen LogP contribution is -2.36. The van der Waals surface area contributed by atoms with Gasteiger partial charge in [0.1, 0.15) is 5.65 Å². The van der Waals surface area contributed by atoms with Crippen LogP contribution < -0.4 is 5.73 Å². The summed E-state index contributed by atoms with van der Waals surface area (Å²) in [5, 5.41) is 9.38. The van der Waals surface area contributed by atoms with E-state index in [1.807, 2.05) is 0 Å². The average molecular weight is 297 g/mol. The molecule has 106 valence electrons. The molecule has 2 heterocycles. The highest BCUT2D eigenvalue weighted by Gasteiger charge is 2.14. The summed E-state index contributed by atoms with van der Waals surface area (Å²) in [6.07, 6.45) is 3.43. The molecule has 0 fully saturated rings. The van der Waals surface area contributed by atoms with Gasteiger partial charge in [-0.25, -0.2) is 4.98 Å². The Balaban J connectivity index is 2.18. The van der Waals surface area contributed by atoms with E-state index in [0.29, 0.717) is 16.4 Å². The number of rotatable bonds is 6. The lowest BCUT2D eigenvalue weighted by molar-refractivity contribution is -0.138. The number of imidazole rings is 1. The Hall–Kier alpha value is -2.12. The highest BCUT2D eigenvalue weighted by atomic mass is 35.5. The second kappa shape index (κ2) is 5.89. The number of carboxylic acid groups (broad SMARTS) is 1. The molecule has 20 heavy (non-hydrogen) atoms. The van der Waals surface area contributed by atoms with Crippen molar-refractivity contribution in [3.8, 4) is 0 Å². The van der Waals surface area contributed by atoms with Gasteiger partial charge in [0.15, 0.2) is 0 Å². The minimum atomic E-state index is -1.03. The predicted octanol–water partition coefficient (Wildman–Crippen LogP) is 0.360. The van der Waals surface area contributed by atoms with Gasteiger partial charge in [-0.05, 0) is 12.1 Å². The molecule has 0 aromatic carbocycles. The molecule has 0 spiro atoms. The van der Waals surface area contributed by atoms with Crippen LogP contribution in [0.25, 0.3) is 5.65 Å². The standard InChI is InChI=1S/C12H13ClN4O3/c13-8-1-2-11-15-9(5-17(11)3-8)4-16(6-10(14)18)7-12(19)20/h1-3,5H,4,6-7H2,(H2,14,18)(H,19,20). The van der Waals surface area contributed by atoms with Gasteiger partial charge in [-0.2, -0.15) is 0 Å². The summed E-state index contributed by atoms with van der Waals surface area (Å²) in [5.74, 6) is -1.61. The average Bonchev–Trinajstić information content (AvgIpc) is 2.68. The van der Waals surface area contributed by atoms with Crippen LogP contribution in [0, 0.1) is 0 Å². The van der Waals surface area contributed by atoms with Crippen LogP contribution in [-0.4, -0.2) is 44.4 Å². The zero-order valence-electron chi connectivity index (χ0n) is 10.5. The van der Waals surface area contributed by atoms with Crippen LogP contribution in [0.2, 0.25) is 5.02 Å². The molecule has 7 nitrogen and oxygen atoms in total. The Labute approximate surface area is 119 Å². The van der Waals surface area contributed by atoms with E-state index in [4.69, 9.17) is 22.4 Å². The number of primary amides is 1. The van der Waals surface area contributed by atoms with Crippen molar-refractivity contribution in [2.75, 3.05) is 13.1 Å². The number of nitrogens with zero attached hydrogens (tertiary/aromatic N) is 3. The fourth-order valence-electron chi connectivity index (χ4n) is 1.90. The Morgan fingerprint density at radius 3 is 2.75 bits per heavy atom. The van der Waals surface area contributed by atoms with Gasteiger partial charge in [0.25, 0.3) is 0 Å². The first kappa shape index (κ1) is 14.3. The molecule has 1 amide bonds. The molecule has 0 radical (unpaired) electrons. The SMILES string of the molecule is NC(=O)CN(CC(=O)O)Cc1cn2cc(Cl)ccc2n1. The third-order valence-electron chi connectivity index (χ3n) is 2.59. The van der Waals surface area contributed by atoms with Crippen LogP contribution in [0.3, 0.4) is 0 Å². The van der Waals surface area contributed by atoms with Crippen molar-refractivity contribution in [3.63, 3.8) is 0 Å². The van der Waals surface area contributed by atoms with E-state index in [-0.39, 0.29) is 19.6 Å². The van der Waals surface area contributed by atoms with E-state index in [0.717, 1.165) is 0 Å². The number of carboxylic acids is 1. The maximum absolute atomic E-state index is 10.9. The van der Waals surface area contributed by atoms with Crippen LogP contribution in [0.4, 0.5) is 0 Å². The van der Waals surface area contributed by atoms with Crippen molar-refractivity contribution in [3.05, 3.63) is 35.2 Å². The first-order valence-electron chi connectivity index (χ1n) is 5.79. The maximum atomic E-state index is 10.9. The van der Waals surface area contributed by atoms with Crippen LogP contribution in [0.1, 0.15) is 5.69 Å². The van der Waals surface area contributed by atoms with Crippen LogP contribution in [0.15, 0.2) is 24.5 Å². The monoisotopic (exact) mass is 296 g/mol. The normalized spacial score (nSPS) is 11.1. The van der Waals surface area contributed by atoms with Gasteiger partial charge in [0.2, 0.25) is 5.91 Å². The van der Waals surface area contributed by atoms with Crippen LogP contribution in [0.5, 0.6) is 0 Å². The molecule has 0 bridgehead atoms. The maximum Gasteiger partial charge on any atom is 0.317 e. The number of hydrogen-bond donors (Lipinski definition) is 2. The Morgan fingerprint density at radius 1 is 1.35 bits per heavy atom. The number of hydrogen-bond acceptors (Lipinski definition) is 4. The number of carbonyl (C=O) groups excluding carboxylic acids is 1. The molecule has 0 aliphatic heterocycles. The van der Waals surface area contributed by atoms with E-state index in [1.165, 1.54) is 4.90 Å². The zero-order chi connectivity index (χ0) is 14.7. The second-order valence-electron chi connectivity index (χ2n) is 4.35. The molecular weight excluding hydrogens is 284 g/mol. The topological polar surface area (TPSA) is 101 Å². The van der Waals surface area contributed by atoms with Gasteiger partial charge in [0, 0.05) is 18.9 Å². The number of aliphatic carboxylic acids is 1. The summed E-state index contributed by atoms with van der Waals surface area (Å²) in [4.78, 5) is 27.4. The minimum absolute atomic E-state index is 0.138. The molecule has 3 N–H and O–H groups in total. The molecular formula is C12H13ClN4O3. The fraction of sp³-hybridized carbons (Fsp3) is 0.250. The van der Waals surface area contributed by atoms with Crippen molar-refractivity contribution in [1.29, 1.82) is 0 Å². The van der Waals surface area contributed by atoms with Gasteiger partial charge in [-0.1, -0.05) is 11.6 Å². The van der Waals surface area contributed by atoms with Crippen LogP contribution in [-0.2, 0) is 16.1 Å². The first-order valence-corrected chi connectivity index (χ1v) is 6.17. The second-order valence-corrected chi connectivity index (χ2v) is 4.79. The predicted molar refractivity (Wildman–Crippen MR) is 72.3 cm³/mol. The fourth-order valence-corrected chi connectivity index (χ4v) is 2.07. The lowest BCUT2D eigenvalue weighted by Gasteiger charge is -2.16. The van der Waals surface area contributed by atoms with E-state index in [9.17, 15) is 9.59 Å². The van der Waals surface area contributed by atoms with Crippen molar-refractivity contribution < 1.29 is 14.7 Å². The smallest absolute Gasteiger partial charge is 0.317 e. The molecule has 0 aliphatic rings. The van der Waals surface area contributed by atoms with Gasteiger partial charge < -0.3 is 15.2 Å². The number of fused-ring (bicyclic) bond motifs is 1. The molecule has 0 saturated carbocycles. The van der Waals surface area contributed by atoms with E-state index < -0.39 is 11.9 Å². The molecule has 2 rings (SSSR count). The first-order chi connectivity index (χ1) is 9.44. The zero-order valence-corrected chi connectivity index (χ0v) is 11.2. The Kier molecular flexibility index (Phi) is 4.21. The molecule has 0 atom stereocenters. The highest BCUT2D eigenvalue weighted by Crippen LogP contribution is 2.12. The third-order valence-corrected chi connectivity index (χ3v) is 2.81. The summed E-state index contributed by atoms with van der Waals surface area (Å²) in [6, 6.07) is 3.47. The number of amides is 1. The molecule has 8 heteroatoms. The number of carbonyl (C=O) groups is 2. The van der Waals surface area contributed by atoms with Gasteiger partial charge in [-0.3, -0.25) is 14.5 Å². The summed E-state index contributed by atoms with van der Waals surface area (Å²) in [6.45, 7) is -0.201. The summed E-state index contributed by atoms with van der Waals surface area (Å²) < 4.78 is 1.74. The number of pyridine rings is 1. The molecule has 2 aromatic rings. The Bertz CT molecular complexity index is 639. The number of halogens is 1. The van der Waals surface area contributed by atoms with Crippen LogP contribution >= 0.6 is 11.6 Å². The van der Waals surface area contributed by atoms with Gasteiger partial charge in [0.05, 0.1) is 23.8 Å². The van der Waals surface area contributed by atoms with Gasteiger partial charge in [-0.15, -0.1) is 0 Å². The number of nitrogens with two attached hydrogens (primary N) is 1. The molecule has 2 aromatic heterocycles. The van der Waals surface area contributed by atoms with E-state index in [1.54, 1.807) is 28.9 Å². The summed E-state index contributed by atoms with van der Waals surface area (Å²) >= 11 is 5.87. The highest BCUT2D eigenvalue weighted by molar-refractivity contribution is 6.30. The van der Waals surface area contributed by atoms with Crippen molar-refractivity contribution >= 4 is 29.1 Å². The third kappa shape index (κ3) is 3.69. The van der Waals surface area contributed by atoms with E-state index in [2.05, 4.69) is 4.98 Å². The summed E-state index contributed by atoms with van der Waals surface area (Å²) in [7, 11) is 0. The molecule has 0 unspecified atom stereocenters. The molecule has 0 aliphatic carbocycles. The van der Waals surface area contributed by atoms with E-state index >= 15 is 0 Å². The minimum Gasteiger partial charge on any atom is -0.480 e. The summed E-state index contributed by atoms with van der Waals surface area (Å²) in [5.41, 5.74) is 6.43. The van der Waals surface area contributed by atoms with Gasteiger partial charge >= 0.3 is 5.97 Å².